The van der Waals surface area contributed by atoms with Crippen LogP contribution in [0.4, 0.5) is 0 Å². The highest BCUT2D eigenvalue weighted by molar-refractivity contribution is 5.91. The van der Waals surface area contributed by atoms with E-state index >= 15 is 0 Å². The van der Waals surface area contributed by atoms with E-state index in [2.05, 4.69) is 13.1 Å². The molecule has 1 aromatic carbocycles. The van der Waals surface area contributed by atoms with Crippen LogP contribution in [0.3, 0.4) is 0 Å². The summed E-state index contributed by atoms with van der Waals surface area (Å²) in [4.78, 5) is 15.1. The number of likely N-dealkylation sites (tertiary alicyclic amines) is 1. The molecule has 3 heterocycles. The summed E-state index contributed by atoms with van der Waals surface area (Å²) in [6.45, 7) is 2.44. The van der Waals surface area contributed by atoms with Crippen molar-refractivity contribution < 1.29 is 23.5 Å². The van der Waals surface area contributed by atoms with Crippen LogP contribution >= 0.6 is 0 Å². The predicted octanol–water partition coefficient (Wildman–Crippen LogP) is 4.12. The molecule has 1 spiro atoms. The van der Waals surface area contributed by atoms with Gasteiger partial charge >= 0.3 is 0 Å². The van der Waals surface area contributed by atoms with E-state index in [0.29, 0.717) is 17.7 Å². The number of furan rings is 1. The summed E-state index contributed by atoms with van der Waals surface area (Å²) in [6, 6.07) is 6.37. The Kier molecular flexibility index (Phi) is 4.55. The van der Waals surface area contributed by atoms with Crippen LogP contribution in [0.1, 0.15) is 48.8 Å². The SMILES string of the molecule is CN(C(=O)C=Cc1ccoc1)[C@H]1CCC2C3Cc4ccc(O)c5c4[C@]2(CC[N@+]3(C)CC2CC2)C1O5. The number of hydrogen-bond donors (Lipinski definition) is 1. The van der Waals surface area contributed by atoms with Gasteiger partial charge in [-0.15, -0.1) is 0 Å². The van der Waals surface area contributed by atoms with Gasteiger partial charge in [0.2, 0.25) is 5.91 Å². The van der Waals surface area contributed by atoms with Crippen LogP contribution in [0.15, 0.2) is 41.2 Å². The Balaban J connectivity index is 1.26. The zero-order chi connectivity index (χ0) is 23.9. The first-order valence-electron chi connectivity index (χ1n) is 13.2. The predicted molar refractivity (Wildman–Crippen MR) is 132 cm³/mol. The summed E-state index contributed by atoms with van der Waals surface area (Å²) in [6.07, 6.45) is 13.5. The minimum absolute atomic E-state index is 0.0208. The monoisotopic (exact) mass is 475 g/mol. The highest BCUT2D eigenvalue weighted by Crippen LogP contribution is 2.65. The Labute approximate surface area is 206 Å². The maximum absolute atomic E-state index is 13.2. The first-order valence-corrected chi connectivity index (χ1v) is 13.2. The number of hydrogen-bond acceptors (Lipinski definition) is 4. The number of piperidine rings is 1. The number of rotatable bonds is 5. The number of benzene rings is 1. The maximum atomic E-state index is 13.2. The molecule has 35 heavy (non-hydrogen) atoms. The van der Waals surface area contributed by atoms with Gasteiger partial charge in [0, 0.05) is 48.9 Å². The van der Waals surface area contributed by atoms with Crippen molar-refractivity contribution in [2.75, 3.05) is 27.2 Å². The summed E-state index contributed by atoms with van der Waals surface area (Å²) in [5, 5.41) is 10.8. The Morgan fingerprint density at radius 2 is 2.11 bits per heavy atom. The summed E-state index contributed by atoms with van der Waals surface area (Å²) < 4.78 is 13.0. The van der Waals surface area contributed by atoms with E-state index in [1.54, 1.807) is 24.7 Å². The summed E-state index contributed by atoms with van der Waals surface area (Å²) in [5.41, 5.74) is 3.39. The number of aromatic hydroxyl groups is 1. The van der Waals surface area contributed by atoms with Gasteiger partial charge in [-0.05, 0) is 49.5 Å². The van der Waals surface area contributed by atoms with Crippen molar-refractivity contribution in [3.63, 3.8) is 0 Å². The zero-order valence-corrected chi connectivity index (χ0v) is 20.7. The number of ether oxygens (including phenoxy) is 1. The number of nitrogens with zero attached hydrogens (tertiary/aromatic N) is 2. The Morgan fingerprint density at radius 1 is 1.26 bits per heavy atom. The first kappa shape index (κ1) is 21.5. The van der Waals surface area contributed by atoms with Crippen LogP contribution in [0, 0.1) is 11.8 Å². The fourth-order valence-corrected chi connectivity index (χ4v) is 8.31. The fraction of sp³-hybridized carbons (Fsp3) is 0.552. The van der Waals surface area contributed by atoms with Crippen molar-refractivity contribution in [1.29, 1.82) is 0 Å². The van der Waals surface area contributed by atoms with Crippen LogP contribution in [0.5, 0.6) is 11.5 Å². The number of likely N-dealkylation sites (N-methyl/N-ethyl adjacent to an activating group) is 2. The molecule has 6 heteroatoms. The van der Waals surface area contributed by atoms with Gasteiger partial charge in [-0.25, -0.2) is 0 Å². The molecule has 1 aromatic heterocycles. The minimum Gasteiger partial charge on any atom is -0.504 e. The normalized spacial score (nSPS) is 36.6. The molecule has 5 aliphatic rings. The first-order chi connectivity index (χ1) is 16.9. The summed E-state index contributed by atoms with van der Waals surface area (Å²) in [5.74, 6) is 2.34. The molecule has 3 aliphatic carbocycles. The molecule has 3 unspecified atom stereocenters. The second-order valence-electron chi connectivity index (χ2n) is 12.0. The molecular formula is C29H35N2O4+. The Morgan fingerprint density at radius 3 is 2.89 bits per heavy atom. The average Bonchev–Trinajstić information content (AvgIpc) is 3.36. The molecule has 7 rings (SSSR count). The number of carbonyl (C=O) groups is 1. The van der Waals surface area contributed by atoms with E-state index in [9.17, 15) is 9.90 Å². The van der Waals surface area contributed by atoms with Crippen LogP contribution in [0.2, 0.25) is 0 Å². The van der Waals surface area contributed by atoms with Crippen LogP contribution in [0.25, 0.3) is 6.08 Å². The molecule has 2 saturated carbocycles. The number of carbonyl (C=O) groups excluding carboxylic acids is 1. The third-order valence-corrected chi connectivity index (χ3v) is 10.1. The molecule has 2 bridgehead atoms. The second kappa shape index (κ2) is 7.39. The zero-order valence-electron chi connectivity index (χ0n) is 20.7. The van der Waals surface area contributed by atoms with E-state index in [-0.39, 0.29) is 29.2 Å². The lowest BCUT2D eigenvalue weighted by Gasteiger charge is -2.62. The van der Waals surface area contributed by atoms with Gasteiger partial charge in [-0.2, -0.15) is 0 Å². The standard InChI is InChI=1S/C29H34N2O4/c1-30(25(33)10-5-19-11-14-34-17-19)22-8-7-21-23-15-20-6-9-24(32)27-26(20)29(21,28(22)35-27)12-13-31(23,2)16-18-3-4-18/h5-6,9-11,14,17-18,21-23,28H,3-4,7-8,12-13,15-16H2,1-2H3/p+1/t21?,22-,23?,28?,29+,31+/m0/s1. The molecule has 1 saturated heterocycles. The quantitative estimate of drug-likeness (QED) is 0.522. The molecule has 6 atom stereocenters. The number of phenolic OH excluding ortho intramolecular Hbond substituents is 1. The summed E-state index contributed by atoms with van der Waals surface area (Å²) >= 11 is 0. The van der Waals surface area contributed by atoms with Crippen molar-refractivity contribution in [2.24, 2.45) is 11.8 Å². The lowest BCUT2D eigenvalue weighted by atomic mass is 9.50. The van der Waals surface area contributed by atoms with Crippen molar-refractivity contribution in [2.45, 2.75) is 62.1 Å². The number of quaternary nitrogens is 1. The molecule has 0 radical (unpaired) electrons. The molecule has 3 fully saturated rings. The minimum atomic E-state index is -0.114. The fourth-order valence-electron chi connectivity index (χ4n) is 8.31. The third-order valence-electron chi connectivity index (χ3n) is 10.1. The van der Waals surface area contributed by atoms with Gasteiger partial charge < -0.3 is 23.6 Å². The topological polar surface area (TPSA) is 62.9 Å². The van der Waals surface area contributed by atoms with Crippen molar-refractivity contribution in [1.82, 2.24) is 4.90 Å². The largest absolute Gasteiger partial charge is 0.504 e. The highest BCUT2D eigenvalue weighted by atomic mass is 16.5. The van der Waals surface area contributed by atoms with Gasteiger partial charge in [0.1, 0.15) is 6.10 Å². The van der Waals surface area contributed by atoms with Gasteiger partial charge in [-0.1, -0.05) is 6.07 Å². The van der Waals surface area contributed by atoms with E-state index in [4.69, 9.17) is 9.15 Å². The molecule has 6 nitrogen and oxygen atoms in total. The van der Waals surface area contributed by atoms with E-state index in [0.717, 1.165) is 43.7 Å². The third kappa shape index (κ3) is 3.01. The van der Waals surface area contributed by atoms with Gasteiger partial charge in [-0.3, -0.25) is 4.79 Å². The number of amides is 1. The highest BCUT2D eigenvalue weighted by Gasteiger charge is 2.69. The van der Waals surface area contributed by atoms with Crippen LogP contribution < -0.4 is 4.74 Å². The lowest BCUT2D eigenvalue weighted by Crippen LogP contribution is -2.73. The Bertz CT molecular complexity index is 1200. The lowest BCUT2D eigenvalue weighted by molar-refractivity contribution is -0.946. The van der Waals surface area contributed by atoms with E-state index in [1.165, 1.54) is 35.0 Å². The van der Waals surface area contributed by atoms with E-state index in [1.807, 2.05) is 24.1 Å². The molecule has 2 aliphatic heterocycles. The van der Waals surface area contributed by atoms with Crippen molar-refractivity contribution >= 4 is 12.0 Å². The molecular weight excluding hydrogens is 440 g/mol. The van der Waals surface area contributed by atoms with Gasteiger partial charge in [0.15, 0.2) is 11.5 Å². The van der Waals surface area contributed by atoms with E-state index < -0.39 is 0 Å². The molecule has 184 valence electrons. The molecule has 1 amide bonds. The van der Waals surface area contributed by atoms with Crippen LogP contribution in [-0.2, 0) is 16.6 Å². The van der Waals surface area contributed by atoms with Crippen molar-refractivity contribution in [3.05, 3.63) is 53.5 Å². The van der Waals surface area contributed by atoms with Crippen molar-refractivity contribution in [3.8, 4) is 11.5 Å². The second-order valence-corrected chi connectivity index (χ2v) is 12.0. The number of phenols is 1. The van der Waals surface area contributed by atoms with Gasteiger partial charge in [0.05, 0.1) is 50.2 Å². The smallest absolute Gasteiger partial charge is 0.246 e. The molecule has 2 aromatic rings. The van der Waals surface area contributed by atoms with Crippen LogP contribution in [-0.4, -0.2) is 65.8 Å². The molecule has 1 N–H and O–H groups in total. The summed E-state index contributed by atoms with van der Waals surface area (Å²) in [7, 11) is 4.41. The Hall–Kier alpha value is -2.73. The average molecular weight is 476 g/mol. The van der Waals surface area contributed by atoms with Gasteiger partial charge in [0.25, 0.3) is 0 Å². The maximum Gasteiger partial charge on any atom is 0.246 e.